The molecule has 0 radical (unpaired) electrons. The predicted molar refractivity (Wildman–Crippen MR) is 109 cm³/mol. The van der Waals surface area contributed by atoms with E-state index in [4.69, 9.17) is 4.74 Å². The van der Waals surface area contributed by atoms with Gasteiger partial charge in [-0.1, -0.05) is 25.1 Å². The van der Waals surface area contributed by atoms with Crippen molar-refractivity contribution in [1.29, 1.82) is 0 Å². The maximum absolute atomic E-state index is 12.3. The van der Waals surface area contributed by atoms with E-state index in [1.807, 2.05) is 45.0 Å². The van der Waals surface area contributed by atoms with Gasteiger partial charge in [-0.15, -0.1) is 0 Å². The molecule has 1 aliphatic rings. The van der Waals surface area contributed by atoms with Gasteiger partial charge < -0.3 is 15.2 Å². The molecule has 148 valence electrons. The monoisotopic (exact) mass is 381 g/mol. The third-order valence-electron chi connectivity index (χ3n) is 5.44. The number of amides is 1. The van der Waals surface area contributed by atoms with Gasteiger partial charge in [0.2, 0.25) is 11.5 Å². The number of ether oxygens (including phenoxy) is 1. The van der Waals surface area contributed by atoms with Gasteiger partial charge in [-0.3, -0.25) is 4.79 Å². The summed E-state index contributed by atoms with van der Waals surface area (Å²) in [5.41, 5.74) is 2.69. The number of rotatable bonds is 6. The Morgan fingerprint density at radius 1 is 1.14 bits per heavy atom. The Bertz CT molecular complexity index is 854. The van der Waals surface area contributed by atoms with E-state index in [1.165, 1.54) is 0 Å². The molecule has 5 nitrogen and oxygen atoms in total. The minimum absolute atomic E-state index is 0.0340. The van der Waals surface area contributed by atoms with Crippen LogP contribution >= 0.6 is 0 Å². The maximum atomic E-state index is 12.3. The normalized spacial score (nSPS) is 21.3. The first-order valence-electron chi connectivity index (χ1n) is 9.68. The van der Waals surface area contributed by atoms with E-state index in [0.717, 1.165) is 35.2 Å². The van der Waals surface area contributed by atoms with E-state index in [9.17, 15) is 14.7 Å². The van der Waals surface area contributed by atoms with Crippen molar-refractivity contribution in [2.24, 2.45) is 5.92 Å². The Hall–Kier alpha value is -2.82. The van der Waals surface area contributed by atoms with Crippen molar-refractivity contribution in [3.05, 3.63) is 59.2 Å². The Kier molecular flexibility index (Phi) is 5.73. The molecule has 1 fully saturated rings. The van der Waals surface area contributed by atoms with Gasteiger partial charge in [0, 0.05) is 11.6 Å². The summed E-state index contributed by atoms with van der Waals surface area (Å²) in [7, 11) is 0. The van der Waals surface area contributed by atoms with Crippen LogP contribution in [0.4, 0.5) is 5.69 Å². The van der Waals surface area contributed by atoms with Gasteiger partial charge in [0.05, 0.1) is 6.42 Å². The van der Waals surface area contributed by atoms with Crippen molar-refractivity contribution in [2.45, 2.75) is 52.1 Å². The highest BCUT2D eigenvalue weighted by atomic mass is 16.5. The van der Waals surface area contributed by atoms with Crippen LogP contribution in [0.2, 0.25) is 0 Å². The zero-order valence-corrected chi connectivity index (χ0v) is 16.6. The van der Waals surface area contributed by atoms with Crippen LogP contribution in [-0.4, -0.2) is 22.6 Å². The number of carbonyl (C=O) groups excluding carboxylic acids is 1. The second-order valence-electron chi connectivity index (χ2n) is 7.84. The van der Waals surface area contributed by atoms with Crippen LogP contribution in [-0.2, 0) is 16.0 Å². The summed E-state index contributed by atoms with van der Waals surface area (Å²) < 4.78 is 5.92. The summed E-state index contributed by atoms with van der Waals surface area (Å²) in [6.07, 6.45) is 2.46. The molecule has 0 saturated heterocycles. The van der Waals surface area contributed by atoms with Gasteiger partial charge in [-0.05, 0) is 74.1 Å². The third-order valence-corrected chi connectivity index (χ3v) is 5.44. The van der Waals surface area contributed by atoms with E-state index in [0.29, 0.717) is 12.2 Å². The van der Waals surface area contributed by atoms with Crippen molar-refractivity contribution >= 4 is 17.6 Å². The highest BCUT2D eigenvalue weighted by Crippen LogP contribution is 2.39. The van der Waals surface area contributed by atoms with Crippen LogP contribution in [0.15, 0.2) is 42.5 Å². The average molecular weight is 381 g/mol. The highest BCUT2D eigenvalue weighted by Gasteiger charge is 2.49. The zero-order chi connectivity index (χ0) is 20.3. The number of carbonyl (C=O) groups is 2. The van der Waals surface area contributed by atoms with Crippen LogP contribution in [0.5, 0.6) is 5.75 Å². The number of aryl methyl sites for hydroxylation is 2. The first kappa shape index (κ1) is 19.9. The fraction of sp³-hybridized carbons (Fsp3) is 0.391. The highest BCUT2D eigenvalue weighted by molar-refractivity contribution is 5.92. The fourth-order valence-electron chi connectivity index (χ4n) is 3.99. The summed E-state index contributed by atoms with van der Waals surface area (Å²) in [5, 5.41) is 12.6. The molecule has 0 bridgehead atoms. The number of hydrogen-bond donors (Lipinski definition) is 2. The molecule has 1 saturated carbocycles. The molecule has 2 atom stereocenters. The molecule has 2 N–H and O–H groups in total. The lowest BCUT2D eigenvalue weighted by atomic mass is 9.92. The summed E-state index contributed by atoms with van der Waals surface area (Å²) in [5.74, 6) is -0.512. The minimum atomic E-state index is -1.15. The van der Waals surface area contributed by atoms with Crippen molar-refractivity contribution < 1.29 is 19.4 Å². The summed E-state index contributed by atoms with van der Waals surface area (Å²) >= 11 is 0. The van der Waals surface area contributed by atoms with Crippen LogP contribution in [0, 0.1) is 19.8 Å². The summed E-state index contributed by atoms with van der Waals surface area (Å²) in [6.45, 7) is 5.92. The Morgan fingerprint density at radius 3 is 2.32 bits per heavy atom. The molecular formula is C23H27NO4. The fourth-order valence-corrected chi connectivity index (χ4v) is 3.99. The van der Waals surface area contributed by atoms with E-state index in [2.05, 4.69) is 11.4 Å². The van der Waals surface area contributed by atoms with Gasteiger partial charge in [-0.25, -0.2) is 4.79 Å². The lowest BCUT2D eigenvalue weighted by molar-refractivity contribution is -0.158. The maximum Gasteiger partial charge on any atom is 0.348 e. The van der Waals surface area contributed by atoms with Gasteiger partial charge in [0.25, 0.3) is 0 Å². The number of benzene rings is 2. The second kappa shape index (κ2) is 8.05. The van der Waals surface area contributed by atoms with Crippen molar-refractivity contribution in [3.63, 3.8) is 0 Å². The van der Waals surface area contributed by atoms with Crippen LogP contribution < -0.4 is 10.1 Å². The largest absolute Gasteiger partial charge is 0.478 e. The predicted octanol–water partition coefficient (Wildman–Crippen LogP) is 4.51. The number of nitrogens with one attached hydrogen (secondary N) is 1. The molecule has 2 aromatic carbocycles. The molecule has 0 heterocycles. The molecule has 1 amide bonds. The summed E-state index contributed by atoms with van der Waals surface area (Å²) in [4.78, 5) is 24.1. The first-order valence-corrected chi connectivity index (χ1v) is 9.68. The molecule has 0 spiro atoms. The van der Waals surface area contributed by atoms with Crippen molar-refractivity contribution in [1.82, 2.24) is 0 Å². The number of carboxylic acids is 1. The van der Waals surface area contributed by atoms with E-state index in [-0.39, 0.29) is 18.2 Å². The van der Waals surface area contributed by atoms with Gasteiger partial charge in [0.15, 0.2) is 0 Å². The Labute approximate surface area is 165 Å². The van der Waals surface area contributed by atoms with Crippen LogP contribution in [0.1, 0.15) is 42.9 Å². The molecular weight excluding hydrogens is 354 g/mol. The molecule has 0 unspecified atom stereocenters. The number of anilines is 1. The number of hydrogen-bond acceptors (Lipinski definition) is 3. The zero-order valence-electron chi connectivity index (χ0n) is 16.6. The SMILES string of the molecule is Cc1cc(C)cc(NC(=O)Cc2ccc(O[C@@]3(C(=O)O)CCC[C@@H]3C)cc2)c1. The molecule has 5 heteroatoms. The smallest absolute Gasteiger partial charge is 0.348 e. The van der Waals surface area contributed by atoms with E-state index in [1.54, 1.807) is 12.1 Å². The lowest BCUT2D eigenvalue weighted by Gasteiger charge is -2.30. The molecule has 28 heavy (non-hydrogen) atoms. The van der Waals surface area contributed by atoms with E-state index < -0.39 is 11.6 Å². The summed E-state index contributed by atoms with van der Waals surface area (Å²) in [6, 6.07) is 13.1. The minimum Gasteiger partial charge on any atom is -0.478 e. The quantitative estimate of drug-likeness (QED) is 0.772. The number of carboxylic acid groups (broad SMARTS) is 1. The number of aliphatic carboxylic acids is 1. The topological polar surface area (TPSA) is 75.6 Å². The third kappa shape index (κ3) is 4.35. The van der Waals surface area contributed by atoms with Crippen molar-refractivity contribution in [2.75, 3.05) is 5.32 Å². The molecule has 1 aliphatic carbocycles. The van der Waals surface area contributed by atoms with Gasteiger partial charge >= 0.3 is 5.97 Å². The van der Waals surface area contributed by atoms with Gasteiger partial charge in [0.1, 0.15) is 5.75 Å². The van der Waals surface area contributed by atoms with Crippen molar-refractivity contribution in [3.8, 4) is 5.75 Å². The molecule has 0 aliphatic heterocycles. The van der Waals surface area contributed by atoms with Crippen LogP contribution in [0.25, 0.3) is 0 Å². The van der Waals surface area contributed by atoms with E-state index >= 15 is 0 Å². The first-order chi connectivity index (χ1) is 13.3. The van der Waals surface area contributed by atoms with Gasteiger partial charge in [-0.2, -0.15) is 0 Å². The molecule has 3 rings (SSSR count). The standard InChI is InChI=1S/C23H27NO4/c1-15-11-16(2)13-19(12-15)24-21(25)14-18-6-8-20(9-7-18)28-23(22(26)27)10-4-5-17(23)3/h6-9,11-13,17H,4-5,10,14H2,1-3H3,(H,24,25)(H,26,27)/t17-,23-/m0/s1. The lowest BCUT2D eigenvalue weighted by Crippen LogP contribution is -2.46. The second-order valence-corrected chi connectivity index (χ2v) is 7.84. The molecule has 2 aromatic rings. The Balaban J connectivity index is 1.64. The van der Waals surface area contributed by atoms with Crippen LogP contribution in [0.3, 0.4) is 0 Å². The average Bonchev–Trinajstić information content (AvgIpc) is 2.97. The Morgan fingerprint density at radius 2 is 1.79 bits per heavy atom. The molecule has 0 aromatic heterocycles.